The van der Waals surface area contributed by atoms with E-state index in [9.17, 15) is 9.65 Å². The number of aromatic nitrogens is 3. The first-order valence-electron chi connectivity index (χ1n) is 10.2. The maximum absolute atomic E-state index is 13.6. The Balaban J connectivity index is 1.49. The summed E-state index contributed by atoms with van der Waals surface area (Å²) in [4.78, 5) is 9.09. The summed E-state index contributed by atoms with van der Waals surface area (Å²) in [7, 11) is 1.99. The number of imidazole rings is 1. The first kappa shape index (κ1) is 20.7. The molecule has 0 unspecified atom stereocenters. The van der Waals surface area contributed by atoms with Crippen LogP contribution in [0.5, 0.6) is 0 Å². The highest BCUT2D eigenvalue weighted by Gasteiger charge is 2.12. The van der Waals surface area contributed by atoms with Gasteiger partial charge >= 0.3 is 0 Å². The third kappa shape index (κ3) is 3.93. The topological polar surface area (TPSA) is 78.6 Å². The highest BCUT2D eigenvalue weighted by atomic mass is 35.5. The molecule has 0 aliphatic carbocycles. The van der Waals surface area contributed by atoms with Gasteiger partial charge in [-0.1, -0.05) is 23.7 Å². The van der Waals surface area contributed by atoms with Crippen LogP contribution in [0.3, 0.4) is 0 Å². The lowest BCUT2D eigenvalue weighted by atomic mass is 10.1. The van der Waals surface area contributed by atoms with Gasteiger partial charge in [-0.25, -0.2) is 9.37 Å². The van der Waals surface area contributed by atoms with Crippen molar-refractivity contribution in [3.8, 4) is 6.07 Å². The molecule has 33 heavy (non-hydrogen) atoms. The summed E-state index contributed by atoms with van der Waals surface area (Å²) < 4.78 is 15.6. The number of halogens is 2. The number of nitriles is 1. The van der Waals surface area contributed by atoms with Gasteiger partial charge in [0.15, 0.2) is 0 Å². The van der Waals surface area contributed by atoms with Crippen LogP contribution in [-0.4, -0.2) is 14.5 Å². The molecule has 0 atom stereocenters. The van der Waals surface area contributed by atoms with Crippen LogP contribution in [0.2, 0.25) is 5.02 Å². The molecule has 3 aromatic carbocycles. The number of pyridine rings is 1. The molecule has 2 aromatic heterocycles. The fourth-order valence-corrected chi connectivity index (χ4v) is 3.96. The van der Waals surface area contributed by atoms with Crippen molar-refractivity contribution in [2.45, 2.75) is 6.54 Å². The Hall–Kier alpha value is -4.15. The van der Waals surface area contributed by atoms with E-state index in [1.54, 1.807) is 6.07 Å². The summed E-state index contributed by atoms with van der Waals surface area (Å²) in [6.07, 6.45) is 1.52. The summed E-state index contributed by atoms with van der Waals surface area (Å²) in [5.41, 5.74) is 5.11. The fraction of sp³-hybridized carbons (Fsp3) is 0.0800. The van der Waals surface area contributed by atoms with Crippen molar-refractivity contribution in [1.82, 2.24) is 14.5 Å². The molecule has 6 nitrogen and oxygen atoms in total. The fourth-order valence-electron chi connectivity index (χ4n) is 3.77. The van der Waals surface area contributed by atoms with Crippen molar-refractivity contribution in [2.24, 2.45) is 7.05 Å². The van der Waals surface area contributed by atoms with E-state index >= 15 is 0 Å². The second kappa shape index (κ2) is 8.41. The van der Waals surface area contributed by atoms with Crippen LogP contribution < -0.4 is 10.6 Å². The number of para-hydroxylation sites is 2. The highest BCUT2D eigenvalue weighted by molar-refractivity contribution is 6.31. The molecule has 0 amide bonds. The third-order valence-electron chi connectivity index (χ3n) is 5.51. The Morgan fingerprint density at radius 3 is 2.67 bits per heavy atom. The number of nitrogens with one attached hydrogen (secondary N) is 2. The van der Waals surface area contributed by atoms with Gasteiger partial charge in [-0.15, -0.1) is 0 Å². The zero-order valence-electron chi connectivity index (χ0n) is 17.6. The molecule has 2 heterocycles. The van der Waals surface area contributed by atoms with E-state index in [-0.39, 0.29) is 5.02 Å². The number of hydrogen-bond donors (Lipinski definition) is 2. The average molecular weight is 457 g/mol. The molecular weight excluding hydrogens is 439 g/mol. The molecule has 0 saturated heterocycles. The lowest BCUT2D eigenvalue weighted by Crippen LogP contribution is -2.06. The molecule has 2 N–H and O–H groups in total. The Morgan fingerprint density at radius 2 is 1.88 bits per heavy atom. The zero-order chi connectivity index (χ0) is 22.9. The van der Waals surface area contributed by atoms with E-state index in [1.165, 1.54) is 18.3 Å². The second-order valence-electron chi connectivity index (χ2n) is 7.57. The molecule has 0 aliphatic heterocycles. The van der Waals surface area contributed by atoms with Gasteiger partial charge in [-0.3, -0.25) is 4.98 Å². The normalized spacial score (nSPS) is 11.0. The van der Waals surface area contributed by atoms with Gasteiger partial charge in [0, 0.05) is 30.0 Å². The van der Waals surface area contributed by atoms with Gasteiger partial charge < -0.3 is 15.2 Å². The van der Waals surface area contributed by atoms with E-state index in [4.69, 9.17) is 16.6 Å². The Bertz CT molecular complexity index is 1550. The molecule has 0 spiro atoms. The largest absolute Gasteiger partial charge is 0.378 e. The predicted molar refractivity (Wildman–Crippen MR) is 129 cm³/mol. The van der Waals surface area contributed by atoms with Crippen molar-refractivity contribution in [3.63, 3.8) is 0 Å². The number of benzene rings is 3. The quantitative estimate of drug-likeness (QED) is 0.332. The van der Waals surface area contributed by atoms with E-state index in [2.05, 4.69) is 26.3 Å². The van der Waals surface area contributed by atoms with Crippen LogP contribution in [0.1, 0.15) is 11.4 Å². The molecule has 162 valence electrons. The molecule has 0 aliphatic rings. The smallest absolute Gasteiger partial charge is 0.141 e. The zero-order valence-corrected chi connectivity index (χ0v) is 18.4. The summed E-state index contributed by atoms with van der Waals surface area (Å²) in [6, 6.07) is 20.2. The van der Waals surface area contributed by atoms with Crippen LogP contribution in [0.15, 0.2) is 66.9 Å². The molecule has 5 rings (SSSR count). The second-order valence-corrected chi connectivity index (χ2v) is 7.98. The lowest BCUT2D eigenvalue weighted by Gasteiger charge is -2.14. The van der Waals surface area contributed by atoms with Crippen LogP contribution in [-0.2, 0) is 13.6 Å². The van der Waals surface area contributed by atoms with Crippen molar-refractivity contribution < 1.29 is 4.39 Å². The van der Waals surface area contributed by atoms with E-state index < -0.39 is 5.82 Å². The van der Waals surface area contributed by atoms with E-state index in [0.717, 1.165) is 33.4 Å². The number of anilines is 3. The van der Waals surface area contributed by atoms with Gasteiger partial charge in [0.25, 0.3) is 0 Å². The van der Waals surface area contributed by atoms with E-state index in [0.29, 0.717) is 23.5 Å². The molecule has 0 fully saturated rings. The Kier molecular flexibility index (Phi) is 5.29. The molecular formula is C25H18ClFN6. The molecule has 0 radical (unpaired) electrons. The minimum Gasteiger partial charge on any atom is -0.378 e. The van der Waals surface area contributed by atoms with Crippen LogP contribution in [0.25, 0.3) is 21.9 Å². The number of nitrogens with zero attached hydrogens (tertiary/aromatic N) is 4. The highest BCUT2D eigenvalue weighted by Crippen LogP contribution is 2.32. The lowest BCUT2D eigenvalue weighted by molar-refractivity contribution is 0.628. The molecule has 0 bridgehead atoms. The standard InChI is InChI=1S/C25H18ClFN6/c1-33-23-5-3-2-4-22(23)32-24(33)14-29-16-7-9-21-18(10-16)25(15(12-28)13-30-21)31-17-6-8-20(27)19(26)11-17/h2-11,13,29H,14H2,1H3,(H,30,31). The van der Waals surface area contributed by atoms with E-state index in [1.807, 2.05) is 49.5 Å². The summed E-state index contributed by atoms with van der Waals surface area (Å²) in [5, 5.41) is 17.0. The molecule has 5 aromatic rings. The average Bonchev–Trinajstić information content (AvgIpc) is 3.16. The van der Waals surface area contributed by atoms with Crippen LogP contribution >= 0.6 is 11.6 Å². The minimum atomic E-state index is -0.504. The number of aryl methyl sites for hydroxylation is 1. The maximum atomic E-state index is 13.6. The van der Waals surface area contributed by atoms with Gasteiger partial charge in [-0.2, -0.15) is 5.26 Å². The van der Waals surface area contributed by atoms with Crippen LogP contribution in [0, 0.1) is 17.1 Å². The summed E-state index contributed by atoms with van der Waals surface area (Å²) >= 11 is 5.93. The minimum absolute atomic E-state index is 0.00156. The first-order valence-corrected chi connectivity index (χ1v) is 10.6. The number of hydrogen-bond acceptors (Lipinski definition) is 5. The van der Waals surface area contributed by atoms with Gasteiger partial charge in [0.05, 0.1) is 39.4 Å². The SMILES string of the molecule is Cn1c(CNc2ccc3ncc(C#N)c(Nc4ccc(F)c(Cl)c4)c3c2)nc2ccccc21. The predicted octanol–water partition coefficient (Wildman–Crippen LogP) is 6.14. The third-order valence-corrected chi connectivity index (χ3v) is 5.80. The van der Waals surface area contributed by atoms with Crippen molar-refractivity contribution in [1.29, 1.82) is 5.26 Å². The Morgan fingerprint density at radius 1 is 1.06 bits per heavy atom. The summed E-state index contributed by atoms with van der Waals surface area (Å²) in [6.45, 7) is 0.526. The maximum Gasteiger partial charge on any atom is 0.141 e. The monoisotopic (exact) mass is 456 g/mol. The van der Waals surface area contributed by atoms with Gasteiger partial charge in [0.1, 0.15) is 17.7 Å². The molecule has 0 saturated carbocycles. The first-order chi connectivity index (χ1) is 16.0. The summed E-state index contributed by atoms with van der Waals surface area (Å²) in [5.74, 6) is 0.398. The van der Waals surface area contributed by atoms with Gasteiger partial charge in [-0.05, 0) is 48.5 Å². The van der Waals surface area contributed by atoms with Crippen molar-refractivity contribution >= 4 is 50.6 Å². The number of fused-ring (bicyclic) bond motifs is 2. The van der Waals surface area contributed by atoms with Crippen molar-refractivity contribution in [3.05, 3.63) is 89.1 Å². The number of rotatable bonds is 5. The Labute approximate surface area is 194 Å². The van der Waals surface area contributed by atoms with Gasteiger partial charge in [0.2, 0.25) is 0 Å². The van der Waals surface area contributed by atoms with Crippen LogP contribution in [0.4, 0.5) is 21.5 Å². The van der Waals surface area contributed by atoms with Crippen molar-refractivity contribution in [2.75, 3.05) is 10.6 Å². The molecule has 8 heteroatoms.